The molecule has 1 saturated carbocycles. The molecule has 1 aliphatic rings. The lowest BCUT2D eigenvalue weighted by Crippen LogP contribution is -2.20. The van der Waals surface area contributed by atoms with Crippen LogP contribution in [0.15, 0.2) is 42.5 Å². The van der Waals surface area contributed by atoms with Crippen molar-refractivity contribution in [1.82, 2.24) is 4.98 Å². The van der Waals surface area contributed by atoms with Gasteiger partial charge >= 0.3 is 0 Å². The normalized spacial score (nSPS) is 16.1. The number of hydrogen-bond donors (Lipinski definition) is 1. The number of nitrogens with zero attached hydrogens (tertiary/aromatic N) is 1. The number of aromatic nitrogens is 1. The topological polar surface area (TPSA) is 24.9 Å². The Morgan fingerprint density at radius 2 is 1.89 bits per heavy atom. The third-order valence-corrected chi connectivity index (χ3v) is 3.81. The minimum Gasteiger partial charge on any atom is -0.369 e. The van der Waals surface area contributed by atoms with Crippen molar-refractivity contribution in [3.63, 3.8) is 0 Å². The lowest BCUT2D eigenvalue weighted by Gasteiger charge is -2.17. The highest BCUT2D eigenvalue weighted by atomic mass is 19.1. The predicted molar refractivity (Wildman–Crippen MR) is 74.8 cm³/mol. The largest absolute Gasteiger partial charge is 0.369 e. The van der Waals surface area contributed by atoms with Crippen LogP contribution in [0.1, 0.15) is 24.1 Å². The van der Waals surface area contributed by atoms with E-state index in [2.05, 4.69) is 10.3 Å². The Kier molecular flexibility index (Phi) is 2.97. The van der Waals surface area contributed by atoms with E-state index in [0.29, 0.717) is 0 Å². The molecule has 1 aromatic carbocycles. The number of rotatable bonds is 4. The van der Waals surface area contributed by atoms with Crippen LogP contribution in [0.3, 0.4) is 0 Å². The van der Waals surface area contributed by atoms with Crippen molar-refractivity contribution in [2.24, 2.45) is 0 Å². The van der Waals surface area contributed by atoms with Gasteiger partial charge in [-0.25, -0.2) is 9.37 Å². The maximum Gasteiger partial charge on any atom is 0.126 e. The third-order valence-electron chi connectivity index (χ3n) is 3.81. The van der Waals surface area contributed by atoms with Crippen molar-refractivity contribution in [3.8, 4) is 0 Å². The van der Waals surface area contributed by atoms with Gasteiger partial charge in [-0.1, -0.05) is 18.2 Å². The Bertz CT molecular complexity index is 574. The quantitative estimate of drug-likeness (QED) is 0.902. The first-order valence-electron chi connectivity index (χ1n) is 6.62. The zero-order valence-corrected chi connectivity index (χ0v) is 11.0. The summed E-state index contributed by atoms with van der Waals surface area (Å²) in [5, 5.41) is 3.40. The van der Waals surface area contributed by atoms with Crippen molar-refractivity contribution in [2.45, 2.75) is 25.2 Å². The number of halogens is 1. The lowest BCUT2D eigenvalue weighted by atomic mass is 9.96. The first kappa shape index (κ1) is 12.2. The van der Waals surface area contributed by atoms with Gasteiger partial charge in [0.1, 0.15) is 11.6 Å². The summed E-state index contributed by atoms with van der Waals surface area (Å²) in [5.41, 5.74) is 2.39. The second kappa shape index (κ2) is 4.65. The Balaban J connectivity index is 1.71. The molecule has 0 atom stereocenters. The van der Waals surface area contributed by atoms with E-state index < -0.39 is 0 Å². The first-order chi connectivity index (χ1) is 9.18. The molecule has 1 N–H and O–H groups in total. The highest BCUT2D eigenvalue weighted by Crippen LogP contribution is 2.48. The molecule has 0 spiro atoms. The summed E-state index contributed by atoms with van der Waals surface area (Å²) < 4.78 is 13.0. The zero-order chi connectivity index (χ0) is 13.3. The lowest BCUT2D eigenvalue weighted by molar-refractivity contribution is 0.624. The van der Waals surface area contributed by atoms with Crippen LogP contribution in [0.25, 0.3) is 0 Å². The van der Waals surface area contributed by atoms with Crippen molar-refractivity contribution in [2.75, 3.05) is 11.9 Å². The maximum atomic E-state index is 13.0. The number of benzene rings is 1. The predicted octanol–water partition coefficient (Wildman–Crippen LogP) is 3.67. The average Bonchev–Trinajstić information content (AvgIpc) is 3.19. The van der Waals surface area contributed by atoms with E-state index in [1.54, 1.807) is 12.1 Å². The van der Waals surface area contributed by atoms with Gasteiger partial charge in [0.25, 0.3) is 0 Å². The molecule has 0 radical (unpaired) electrons. The van der Waals surface area contributed by atoms with Gasteiger partial charge < -0.3 is 5.32 Å². The number of anilines is 1. The minimum atomic E-state index is -0.173. The van der Waals surface area contributed by atoms with Gasteiger partial charge in [-0.15, -0.1) is 0 Å². The monoisotopic (exact) mass is 256 g/mol. The molecule has 0 saturated heterocycles. The van der Waals surface area contributed by atoms with Crippen molar-refractivity contribution in [1.29, 1.82) is 0 Å². The van der Waals surface area contributed by atoms with E-state index >= 15 is 0 Å². The van der Waals surface area contributed by atoms with Gasteiger partial charge in [-0.05, 0) is 49.6 Å². The van der Waals surface area contributed by atoms with Crippen LogP contribution in [0.2, 0.25) is 0 Å². The van der Waals surface area contributed by atoms with Crippen LogP contribution < -0.4 is 5.32 Å². The number of nitrogens with one attached hydrogen (secondary N) is 1. The summed E-state index contributed by atoms with van der Waals surface area (Å²) in [5.74, 6) is 0.737. The standard InChI is InChI=1S/C16H17FN2/c1-12-3-2-4-15(19-12)18-11-16(9-10-16)13-5-7-14(17)8-6-13/h2-8H,9-11H2,1H3,(H,18,19). The van der Waals surface area contributed by atoms with Crippen LogP contribution >= 0.6 is 0 Å². The Hall–Kier alpha value is -1.90. The zero-order valence-electron chi connectivity index (χ0n) is 11.0. The summed E-state index contributed by atoms with van der Waals surface area (Å²) in [6.45, 7) is 2.84. The van der Waals surface area contributed by atoms with E-state index in [1.807, 2.05) is 37.3 Å². The van der Waals surface area contributed by atoms with Crippen molar-refractivity contribution < 1.29 is 4.39 Å². The molecule has 1 aliphatic carbocycles. The van der Waals surface area contributed by atoms with E-state index in [-0.39, 0.29) is 11.2 Å². The molecule has 0 aliphatic heterocycles. The van der Waals surface area contributed by atoms with E-state index in [1.165, 1.54) is 5.56 Å². The fourth-order valence-corrected chi connectivity index (χ4v) is 2.42. The van der Waals surface area contributed by atoms with Crippen LogP contribution in [-0.4, -0.2) is 11.5 Å². The van der Waals surface area contributed by atoms with E-state index in [9.17, 15) is 4.39 Å². The molecule has 1 heterocycles. The van der Waals surface area contributed by atoms with Gasteiger partial charge in [-0.2, -0.15) is 0 Å². The van der Waals surface area contributed by atoms with Crippen LogP contribution in [0.5, 0.6) is 0 Å². The third kappa shape index (κ3) is 2.60. The molecule has 3 heteroatoms. The highest BCUT2D eigenvalue weighted by molar-refractivity contribution is 5.40. The smallest absolute Gasteiger partial charge is 0.126 e. The number of hydrogen-bond acceptors (Lipinski definition) is 2. The second-order valence-corrected chi connectivity index (χ2v) is 5.30. The molecular weight excluding hydrogens is 239 g/mol. The molecule has 3 rings (SSSR count). The summed E-state index contributed by atoms with van der Waals surface area (Å²) in [6, 6.07) is 12.8. The van der Waals surface area contributed by atoms with Crippen LogP contribution in [-0.2, 0) is 5.41 Å². The molecule has 0 bridgehead atoms. The molecule has 0 amide bonds. The van der Waals surface area contributed by atoms with Gasteiger partial charge in [0.05, 0.1) is 0 Å². The number of pyridine rings is 1. The molecular formula is C16H17FN2. The van der Waals surface area contributed by atoms with Crippen molar-refractivity contribution in [3.05, 3.63) is 59.5 Å². The SMILES string of the molecule is Cc1cccc(NCC2(c3ccc(F)cc3)CC2)n1. The summed E-state index contributed by atoms with van der Waals surface area (Å²) >= 11 is 0. The average molecular weight is 256 g/mol. The fraction of sp³-hybridized carbons (Fsp3) is 0.312. The Labute approximate surface area is 112 Å². The second-order valence-electron chi connectivity index (χ2n) is 5.30. The molecule has 1 fully saturated rings. The molecule has 19 heavy (non-hydrogen) atoms. The molecule has 98 valence electrons. The van der Waals surface area contributed by atoms with Gasteiger partial charge in [0.2, 0.25) is 0 Å². The summed E-state index contributed by atoms with van der Waals surface area (Å²) in [6.07, 6.45) is 2.30. The molecule has 0 unspecified atom stereocenters. The van der Waals surface area contributed by atoms with Crippen LogP contribution in [0.4, 0.5) is 10.2 Å². The summed E-state index contributed by atoms with van der Waals surface area (Å²) in [4.78, 5) is 4.44. The molecule has 1 aromatic heterocycles. The Morgan fingerprint density at radius 1 is 1.16 bits per heavy atom. The van der Waals surface area contributed by atoms with E-state index in [0.717, 1.165) is 30.9 Å². The fourth-order valence-electron chi connectivity index (χ4n) is 2.42. The maximum absolute atomic E-state index is 13.0. The van der Waals surface area contributed by atoms with Gasteiger partial charge in [-0.3, -0.25) is 0 Å². The minimum absolute atomic E-state index is 0.166. The summed E-state index contributed by atoms with van der Waals surface area (Å²) in [7, 11) is 0. The van der Waals surface area contributed by atoms with Gasteiger partial charge in [0, 0.05) is 17.7 Å². The molecule has 2 nitrogen and oxygen atoms in total. The molecule has 2 aromatic rings. The van der Waals surface area contributed by atoms with Gasteiger partial charge in [0.15, 0.2) is 0 Å². The highest BCUT2D eigenvalue weighted by Gasteiger charge is 2.43. The van der Waals surface area contributed by atoms with Crippen molar-refractivity contribution >= 4 is 5.82 Å². The van der Waals surface area contributed by atoms with Crippen LogP contribution in [0, 0.1) is 12.7 Å². The first-order valence-corrected chi connectivity index (χ1v) is 6.62. The van der Waals surface area contributed by atoms with E-state index in [4.69, 9.17) is 0 Å². The Morgan fingerprint density at radius 3 is 2.53 bits per heavy atom. The number of aryl methyl sites for hydroxylation is 1.